The molecule has 0 aromatic rings. The summed E-state index contributed by atoms with van der Waals surface area (Å²) in [6.07, 6.45) is 2.25. The molecule has 24 heavy (non-hydrogen) atoms. The van der Waals surface area contributed by atoms with Crippen molar-refractivity contribution in [1.29, 1.82) is 0 Å². The van der Waals surface area contributed by atoms with Crippen LogP contribution in [0, 0.1) is 11.8 Å². The Morgan fingerprint density at radius 2 is 1.58 bits per heavy atom. The molecule has 1 N–H and O–H groups in total. The summed E-state index contributed by atoms with van der Waals surface area (Å²) < 4.78 is 16.3. The first-order valence-electron chi connectivity index (χ1n) is 9.13. The number of ether oxygens (including phenoxy) is 3. The van der Waals surface area contributed by atoms with Gasteiger partial charge in [0.05, 0.1) is 38.8 Å². The van der Waals surface area contributed by atoms with Crippen LogP contribution in [0.4, 0.5) is 0 Å². The fourth-order valence-corrected chi connectivity index (χ4v) is 2.69. The molecule has 146 valence electrons. The lowest BCUT2D eigenvalue weighted by Crippen LogP contribution is -2.29. The van der Waals surface area contributed by atoms with E-state index in [2.05, 4.69) is 33.0 Å². The maximum Gasteiger partial charge on any atom is 0.230 e. The molecule has 0 aliphatic rings. The van der Waals surface area contributed by atoms with Gasteiger partial charge in [-0.05, 0) is 24.0 Å². The molecule has 0 saturated carbocycles. The van der Waals surface area contributed by atoms with E-state index in [-0.39, 0.29) is 7.33 Å². The van der Waals surface area contributed by atoms with Gasteiger partial charge in [-0.2, -0.15) is 11.8 Å². The normalized spacial score (nSPS) is 12.5. The third-order valence-corrected chi connectivity index (χ3v) is 4.76. The summed E-state index contributed by atoms with van der Waals surface area (Å²) in [5, 5.41) is 2.86. The molecule has 0 saturated heterocycles. The van der Waals surface area contributed by atoms with Crippen LogP contribution in [0.15, 0.2) is 0 Å². The molecule has 1 atom stereocenters. The van der Waals surface area contributed by atoms with E-state index in [0.717, 1.165) is 25.2 Å². The van der Waals surface area contributed by atoms with Crippen molar-refractivity contribution in [3.8, 4) is 0 Å². The fraction of sp³-hybridized carbons (Fsp3) is 0.944. The minimum absolute atomic E-state index is 0. The van der Waals surface area contributed by atoms with E-state index in [4.69, 9.17) is 14.2 Å². The molecule has 0 bridgehead atoms. The molecule has 0 radical (unpaired) electrons. The third kappa shape index (κ3) is 18.0. The zero-order valence-electron chi connectivity index (χ0n) is 16.0. The van der Waals surface area contributed by atoms with Crippen LogP contribution in [0.5, 0.6) is 0 Å². The lowest BCUT2D eigenvalue weighted by molar-refractivity contribution is -0.118. The van der Waals surface area contributed by atoms with Crippen molar-refractivity contribution >= 4 is 17.7 Å². The van der Waals surface area contributed by atoms with Crippen LogP contribution in [0.2, 0.25) is 0 Å². The quantitative estimate of drug-likeness (QED) is 0.401. The monoisotopic (exact) mass is 365 g/mol. The smallest absolute Gasteiger partial charge is 0.230 e. The zero-order valence-corrected chi connectivity index (χ0v) is 16.8. The van der Waals surface area contributed by atoms with Crippen LogP contribution in [0.1, 0.15) is 42.0 Å². The van der Waals surface area contributed by atoms with E-state index in [1.165, 1.54) is 0 Å². The summed E-state index contributed by atoms with van der Waals surface area (Å²) >= 11 is 1.69. The molecule has 5 nitrogen and oxygen atoms in total. The summed E-state index contributed by atoms with van der Waals surface area (Å²) in [5.41, 5.74) is 0. The van der Waals surface area contributed by atoms with E-state index in [1.54, 1.807) is 11.8 Å². The maximum atomic E-state index is 11.6. The van der Waals surface area contributed by atoms with E-state index in [9.17, 15) is 4.79 Å². The minimum atomic E-state index is 0. The molecule has 1 unspecified atom stereocenters. The van der Waals surface area contributed by atoms with Gasteiger partial charge in [0.2, 0.25) is 5.91 Å². The Balaban J connectivity index is 0. The van der Waals surface area contributed by atoms with Gasteiger partial charge in [-0.3, -0.25) is 4.79 Å². The van der Waals surface area contributed by atoms with E-state index in [1.807, 2.05) is 0 Å². The van der Waals surface area contributed by atoms with Gasteiger partial charge < -0.3 is 19.5 Å². The second-order valence-electron chi connectivity index (χ2n) is 6.40. The lowest BCUT2D eigenvalue weighted by Gasteiger charge is -2.09. The SMILES string of the molecule is CCC(C)CSCC(=O)NCCOCCOCCOCCC(C)C.[HH]. The molecule has 0 aliphatic heterocycles. The van der Waals surface area contributed by atoms with Crippen LogP contribution in [0.25, 0.3) is 0 Å². The van der Waals surface area contributed by atoms with Crippen molar-refractivity contribution in [3.05, 3.63) is 0 Å². The molecule has 0 heterocycles. The van der Waals surface area contributed by atoms with Gasteiger partial charge >= 0.3 is 0 Å². The predicted molar refractivity (Wildman–Crippen MR) is 104 cm³/mol. The molecule has 0 spiro atoms. The first-order valence-corrected chi connectivity index (χ1v) is 10.3. The zero-order chi connectivity index (χ0) is 18.0. The summed E-state index contributed by atoms with van der Waals surface area (Å²) in [6, 6.07) is 0. The van der Waals surface area contributed by atoms with Crippen LogP contribution in [-0.2, 0) is 19.0 Å². The maximum absolute atomic E-state index is 11.6. The highest BCUT2D eigenvalue weighted by molar-refractivity contribution is 7.99. The number of nitrogens with one attached hydrogen (secondary N) is 1. The minimum Gasteiger partial charge on any atom is -0.379 e. The van der Waals surface area contributed by atoms with Crippen LogP contribution < -0.4 is 5.32 Å². The van der Waals surface area contributed by atoms with Gasteiger partial charge in [0.15, 0.2) is 0 Å². The van der Waals surface area contributed by atoms with E-state index >= 15 is 0 Å². The molecule has 0 aromatic heterocycles. The molecule has 0 fully saturated rings. The number of carbonyl (C=O) groups excluding carboxylic acids is 1. The molecular weight excluding hydrogens is 326 g/mol. The van der Waals surface area contributed by atoms with Crippen molar-refractivity contribution in [2.45, 2.75) is 40.5 Å². The second kappa shape index (κ2) is 17.5. The Hall–Kier alpha value is -0.300. The molecule has 0 aromatic carbocycles. The highest BCUT2D eigenvalue weighted by Gasteiger charge is 2.03. The molecular formula is C18H39NO4S. The van der Waals surface area contributed by atoms with Crippen molar-refractivity contribution in [2.75, 3.05) is 57.7 Å². The summed E-state index contributed by atoms with van der Waals surface area (Å²) in [6.45, 7) is 13.0. The van der Waals surface area contributed by atoms with Crippen LogP contribution in [-0.4, -0.2) is 63.6 Å². The summed E-state index contributed by atoms with van der Waals surface area (Å²) in [5.74, 6) is 3.01. The standard InChI is InChI=1S/C18H37NO4S.H2/c1-5-17(4)14-24-15-18(20)19-7-9-22-11-13-23-12-10-21-8-6-16(2)3;/h16-17H,5-15H2,1-4H3,(H,19,20);1H. The van der Waals surface area contributed by atoms with Crippen molar-refractivity contribution in [1.82, 2.24) is 5.32 Å². The molecule has 1 amide bonds. The van der Waals surface area contributed by atoms with Gasteiger partial charge in [-0.1, -0.05) is 34.1 Å². The van der Waals surface area contributed by atoms with Gasteiger partial charge in [0.1, 0.15) is 0 Å². The fourth-order valence-electron chi connectivity index (χ4n) is 1.65. The summed E-state index contributed by atoms with van der Waals surface area (Å²) in [4.78, 5) is 11.6. The van der Waals surface area contributed by atoms with Gasteiger partial charge in [-0.25, -0.2) is 0 Å². The first kappa shape index (κ1) is 23.7. The first-order chi connectivity index (χ1) is 11.6. The highest BCUT2D eigenvalue weighted by Crippen LogP contribution is 2.10. The average Bonchev–Trinajstić information content (AvgIpc) is 2.55. The van der Waals surface area contributed by atoms with Crippen molar-refractivity contribution in [2.24, 2.45) is 11.8 Å². The van der Waals surface area contributed by atoms with Crippen molar-refractivity contribution in [3.63, 3.8) is 0 Å². The molecule has 0 rings (SSSR count). The Morgan fingerprint density at radius 1 is 1.00 bits per heavy atom. The summed E-state index contributed by atoms with van der Waals surface area (Å²) in [7, 11) is 0. The van der Waals surface area contributed by atoms with Crippen molar-refractivity contribution < 1.29 is 20.4 Å². The van der Waals surface area contributed by atoms with E-state index in [0.29, 0.717) is 57.2 Å². The number of amides is 1. The van der Waals surface area contributed by atoms with Gasteiger partial charge in [0, 0.05) is 14.6 Å². The molecule has 6 heteroatoms. The lowest BCUT2D eigenvalue weighted by atomic mass is 10.1. The highest BCUT2D eigenvalue weighted by atomic mass is 32.2. The Kier molecular flexibility index (Phi) is 17.3. The van der Waals surface area contributed by atoms with Gasteiger partial charge in [0.25, 0.3) is 0 Å². The Morgan fingerprint density at radius 3 is 2.17 bits per heavy atom. The Labute approximate surface area is 154 Å². The molecule has 0 aliphatic carbocycles. The number of carbonyl (C=O) groups is 1. The second-order valence-corrected chi connectivity index (χ2v) is 7.43. The van der Waals surface area contributed by atoms with Crippen LogP contribution >= 0.6 is 11.8 Å². The Bertz CT molecular complexity index is 296. The number of hydrogen-bond donors (Lipinski definition) is 1. The number of hydrogen-bond acceptors (Lipinski definition) is 5. The number of rotatable bonds is 17. The number of thioether (sulfide) groups is 1. The average molecular weight is 366 g/mol. The third-order valence-electron chi connectivity index (χ3n) is 3.48. The van der Waals surface area contributed by atoms with Gasteiger partial charge in [-0.15, -0.1) is 0 Å². The topological polar surface area (TPSA) is 56.8 Å². The van der Waals surface area contributed by atoms with Crippen LogP contribution in [0.3, 0.4) is 0 Å². The van der Waals surface area contributed by atoms with E-state index < -0.39 is 0 Å². The largest absolute Gasteiger partial charge is 0.379 e. The predicted octanol–water partition coefficient (Wildman–Crippen LogP) is 3.22.